The summed E-state index contributed by atoms with van der Waals surface area (Å²) in [6.07, 6.45) is 0. The molecule has 0 saturated heterocycles. The normalized spacial score (nSPS) is 17.3. The lowest BCUT2D eigenvalue weighted by molar-refractivity contribution is 0.590. The first kappa shape index (κ1) is 30.3. The predicted molar refractivity (Wildman–Crippen MR) is 345 cm³/mol. The van der Waals surface area contributed by atoms with E-state index in [4.69, 9.17) is 0 Å². The van der Waals surface area contributed by atoms with Gasteiger partial charge < -0.3 is 0 Å². The highest BCUT2D eigenvalue weighted by Gasteiger charge is 2.52. The average Bonchev–Trinajstić information content (AvgIpc) is 1.44. The number of pyridine rings is 1. The number of nitrogens with zero attached hydrogens (tertiary/aromatic N) is 1. The Hall–Kier alpha value is -10.1. The Morgan fingerprint density at radius 2 is 0.296 bits per heavy atom. The summed E-state index contributed by atoms with van der Waals surface area (Å²) in [7, 11) is -4.25. The molecular formula is C77H7NO2S. The number of fused-ring (bicyclic) bond motifs is 5. The Labute approximate surface area is 438 Å². The summed E-state index contributed by atoms with van der Waals surface area (Å²) in [6, 6.07) is 7.87. The van der Waals surface area contributed by atoms with Gasteiger partial charge in [0.1, 0.15) is 0 Å². The molecular weight excluding hydrogens is 1000 g/mol. The van der Waals surface area contributed by atoms with E-state index in [1.807, 2.05) is 24.3 Å². The molecule has 0 aliphatic heterocycles. The molecule has 338 valence electrons. The van der Waals surface area contributed by atoms with Crippen LogP contribution < -0.4 is 0 Å². The van der Waals surface area contributed by atoms with Crippen molar-refractivity contribution < 1.29 is 8.42 Å². The van der Waals surface area contributed by atoms with Crippen LogP contribution in [0.2, 0.25) is 0 Å². The molecule has 0 bridgehead atoms. The Bertz CT molecular complexity index is 9040. The predicted octanol–water partition coefficient (Wildman–Crippen LogP) is 21.6. The fraction of sp³-hybridized carbons (Fsp3) is 0.0130. The van der Waals surface area contributed by atoms with Crippen LogP contribution in [0.1, 0.15) is 5.56 Å². The third-order valence-corrected chi connectivity index (χ3v) is 29.6. The van der Waals surface area contributed by atoms with E-state index in [0.717, 1.165) is 16.6 Å². The summed E-state index contributed by atoms with van der Waals surface area (Å²) >= 11 is 0. The van der Waals surface area contributed by atoms with E-state index in [2.05, 4.69) is 10.9 Å². The second kappa shape index (κ2) is 6.92. The topological polar surface area (TPSA) is 39.1 Å². The van der Waals surface area contributed by atoms with Gasteiger partial charge >= 0.3 is 0 Å². The summed E-state index contributed by atoms with van der Waals surface area (Å²) in [5, 5.41) is 101. The summed E-state index contributed by atoms with van der Waals surface area (Å²) in [5.74, 6) is 0. The van der Waals surface area contributed by atoms with Gasteiger partial charge in [0.05, 0.1) is 15.9 Å². The molecule has 37 aromatic rings. The molecule has 4 heteroatoms. The van der Waals surface area contributed by atoms with E-state index in [1.165, 1.54) is 215 Å². The fourth-order valence-electron chi connectivity index (χ4n) is 27.3. The SMILES string of the molecule is Cc1ccc(S(=O)(=O)n2c3c4c5c6c7c8c9c%10c%11c%12c%13c%14c%11c%11c%15c%16c%14c%14c%17c%13c%13c%18c%12c9c9c%18c%12c%18c%13c%17c%13c%17c%14c%16c%14c%16c%15c%15c%11c%10c8c8c%15c%10c%16c%11c%15c%14c%17c%14c%16c%13c%18c%13c%17c%12c(c97)c5c%17c3c(c%13%16)c(c%14%15)c2c%11c%10c4c86)cc1. The lowest BCUT2D eigenvalue weighted by Gasteiger charge is -2.24. The van der Waals surface area contributed by atoms with E-state index >= 15 is 8.42 Å². The van der Waals surface area contributed by atoms with Crippen LogP contribution in [0.5, 0.6) is 0 Å². The molecule has 37 rings (SSSR count). The molecule has 0 aliphatic rings. The third kappa shape index (κ3) is 1.69. The van der Waals surface area contributed by atoms with Crippen molar-refractivity contribution in [3.63, 3.8) is 0 Å². The maximum Gasteiger partial charge on any atom is 0.268 e. The largest absolute Gasteiger partial charge is 0.268 e. The van der Waals surface area contributed by atoms with Gasteiger partial charge in [0.2, 0.25) is 0 Å². The van der Waals surface area contributed by atoms with Gasteiger partial charge in [-0.2, -0.15) is 0 Å². The van der Waals surface area contributed by atoms with E-state index in [1.54, 1.807) is 151 Å². The van der Waals surface area contributed by atoms with E-state index in [0.29, 0.717) is 4.90 Å². The van der Waals surface area contributed by atoms with Crippen molar-refractivity contribution in [1.29, 1.82) is 0 Å². The maximum atomic E-state index is 17.2. The summed E-state index contributed by atoms with van der Waals surface area (Å²) < 4.78 is 36.5. The van der Waals surface area contributed by atoms with Crippen molar-refractivity contribution in [3.8, 4) is 0 Å². The number of hydrogen-bond acceptors (Lipinski definition) is 2. The minimum atomic E-state index is -4.25. The minimum absolute atomic E-state index is 0.378. The highest BCUT2D eigenvalue weighted by atomic mass is 32.2. The van der Waals surface area contributed by atoms with Gasteiger partial charge in [-0.15, -0.1) is 0 Å². The van der Waals surface area contributed by atoms with Crippen LogP contribution in [0, 0.1) is 6.92 Å². The van der Waals surface area contributed by atoms with Crippen molar-refractivity contribution in [2.75, 3.05) is 0 Å². The number of aryl methyl sites for hydroxylation is 1. The standard InChI is InChI=1S/C77H7NO2S/c1-6-2-4-7(5-3-6)81(79,80)78-76-72-65-58-46-38-26-22-12-9-8-10-13(12)23-27-25-17(10)19-15-11(8)14-18-16(9)24(26)32-30(18)36-34-20(14)21(15)35-37-31(19)33(25)45-47-39(27)41-29(23)28(22)40(38)48-49(41)61-59(47)66-64-53(45)51(37)57-55-43(35)42(34)54-56-50(36)52(44(32)46)63(65)67(56)74(76)71(62(54)55)75(68(57)64)77(78)73(66)70(61)69(72)60(48)58/h2-5H,1H3. The Morgan fingerprint density at radius 3 is 0.432 bits per heavy atom. The van der Waals surface area contributed by atoms with E-state index in [-0.39, 0.29) is 0 Å². The van der Waals surface area contributed by atoms with Gasteiger partial charge in [-0.25, -0.2) is 12.4 Å². The molecule has 0 aliphatic carbocycles. The third-order valence-electron chi connectivity index (χ3n) is 27.9. The molecule has 1 aromatic heterocycles. The van der Waals surface area contributed by atoms with Crippen molar-refractivity contribution in [1.82, 2.24) is 3.97 Å². The highest BCUT2D eigenvalue weighted by Crippen LogP contribution is 2.81. The zero-order valence-corrected chi connectivity index (χ0v) is 41.8. The van der Waals surface area contributed by atoms with Crippen LogP contribution in [0.25, 0.3) is 377 Å². The first-order chi connectivity index (χ1) is 40.1. The Kier molecular flexibility index (Phi) is 2.59. The minimum Gasteiger partial charge on any atom is -0.232 e. The first-order valence-corrected chi connectivity index (χ1v) is 30.9. The lowest BCUT2D eigenvalue weighted by atomic mass is 9.78. The van der Waals surface area contributed by atoms with Crippen LogP contribution >= 0.6 is 0 Å². The first-order valence-electron chi connectivity index (χ1n) is 29.5. The molecule has 81 heavy (non-hydrogen) atoms. The number of rotatable bonds is 2. The van der Waals surface area contributed by atoms with Crippen molar-refractivity contribution in [3.05, 3.63) is 29.8 Å². The van der Waals surface area contributed by atoms with E-state index in [9.17, 15) is 0 Å². The van der Waals surface area contributed by atoms with Gasteiger partial charge in [-0.3, -0.25) is 0 Å². The second-order valence-corrected chi connectivity index (χ2v) is 30.6. The van der Waals surface area contributed by atoms with Crippen molar-refractivity contribution in [2.24, 2.45) is 0 Å². The second-order valence-electron chi connectivity index (χ2n) is 28.8. The Morgan fingerprint density at radius 1 is 0.185 bits per heavy atom. The van der Waals surface area contributed by atoms with E-state index < -0.39 is 10.0 Å². The smallest absolute Gasteiger partial charge is 0.232 e. The molecule has 0 atom stereocenters. The van der Waals surface area contributed by atoms with Crippen LogP contribution in [-0.4, -0.2) is 12.4 Å². The molecule has 0 saturated carbocycles. The number of benzene rings is 25. The molecule has 1 heterocycles. The fourth-order valence-corrected chi connectivity index (χ4v) is 28.8. The maximum absolute atomic E-state index is 17.2. The molecule has 0 radical (unpaired) electrons. The van der Waals surface area contributed by atoms with Crippen molar-refractivity contribution in [2.45, 2.75) is 11.8 Å². The zero-order chi connectivity index (χ0) is 48.5. The van der Waals surface area contributed by atoms with Crippen molar-refractivity contribution >= 4 is 387 Å². The molecule has 3 nitrogen and oxygen atoms in total. The molecule has 0 amide bonds. The van der Waals surface area contributed by atoms with Crippen LogP contribution in [0.3, 0.4) is 0 Å². The van der Waals surface area contributed by atoms with Gasteiger partial charge in [-0.1, -0.05) is 17.7 Å². The number of aromatic nitrogens is 1. The molecule has 0 fully saturated rings. The highest BCUT2D eigenvalue weighted by molar-refractivity contribution is 7.90. The zero-order valence-electron chi connectivity index (χ0n) is 41.0. The van der Waals surface area contributed by atoms with Crippen LogP contribution in [-0.2, 0) is 10.0 Å². The lowest BCUT2D eigenvalue weighted by Crippen LogP contribution is -2.16. The molecule has 36 aromatic carbocycles. The molecule has 0 spiro atoms. The average molecular weight is 1010 g/mol. The van der Waals surface area contributed by atoms with Gasteiger partial charge in [0.25, 0.3) is 10.0 Å². The monoisotopic (exact) mass is 1010 g/mol. The van der Waals surface area contributed by atoms with Gasteiger partial charge in [-0.05, 0) is 19.1 Å². The number of hydrogen-bond donors (Lipinski definition) is 0. The van der Waals surface area contributed by atoms with Gasteiger partial charge in [0, 0.05) is 366 Å². The van der Waals surface area contributed by atoms with Crippen LogP contribution in [0.15, 0.2) is 29.2 Å². The van der Waals surface area contributed by atoms with Crippen LogP contribution in [0.4, 0.5) is 0 Å². The summed E-state index contributed by atoms with van der Waals surface area (Å²) in [5.41, 5.74) is 2.97. The summed E-state index contributed by atoms with van der Waals surface area (Å²) in [4.78, 5) is 0.378. The summed E-state index contributed by atoms with van der Waals surface area (Å²) in [6.45, 7) is 2.08. The molecule has 0 unspecified atom stereocenters. The van der Waals surface area contributed by atoms with Gasteiger partial charge in [0.15, 0.2) is 0 Å². The Balaban J connectivity index is 1.14. The quantitative estimate of drug-likeness (QED) is 0.128. The molecule has 0 N–H and O–H groups in total.